The summed E-state index contributed by atoms with van der Waals surface area (Å²) in [7, 11) is 0. The van der Waals surface area contributed by atoms with Crippen LogP contribution in [0.15, 0.2) is 30.3 Å². The molecule has 0 spiro atoms. The number of benzene rings is 1. The highest BCUT2D eigenvalue weighted by atomic mass is 35.5. The van der Waals surface area contributed by atoms with Crippen LogP contribution in [0.2, 0.25) is 5.15 Å². The second-order valence-corrected chi connectivity index (χ2v) is 6.48. The van der Waals surface area contributed by atoms with E-state index in [1.807, 2.05) is 32.0 Å². The number of nitrogens with zero attached hydrogens (tertiary/aromatic N) is 2. The van der Waals surface area contributed by atoms with Gasteiger partial charge in [-0.2, -0.15) is 5.10 Å². The van der Waals surface area contributed by atoms with Gasteiger partial charge >= 0.3 is 0 Å². The Morgan fingerprint density at radius 1 is 1.40 bits per heavy atom. The third kappa shape index (κ3) is 5.10. The summed E-state index contributed by atoms with van der Waals surface area (Å²) in [5.74, 6) is 0.831. The molecule has 0 unspecified atom stereocenters. The first kappa shape index (κ1) is 19.1. The molecule has 25 heavy (non-hydrogen) atoms. The van der Waals surface area contributed by atoms with E-state index in [1.54, 1.807) is 16.8 Å². The quantitative estimate of drug-likeness (QED) is 0.736. The standard InChI is InChI=1S/C19H24ClN3O2/c1-5-25-17-9-7-6-8-16(17)21-18(24)11-10-15-14(4)22-23(19(15)20)12-13(2)3/h6-11,13H,5,12H2,1-4H3,(H,21,24). The molecule has 1 aromatic heterocycles. The van der Waals surface area contributed by atoms with Crippen molar-refractivity contribution < 1.29 is 9.53 Å². The lowest BCUT2D eigenvalue weighted by Gasteiger charge is -2.09. The normalized spacial score (nSPS) is 11.3. The van der Waals surface area contributed by atoms with Crippen molar-refractivity contribution in [2.24, 2.45) is 5.92 Å². The average Bonchev–Trinajstić information content (AvgIpc) is 2.81. The zero-order chi connectivity index (χ0) is 18.4. The summed E-state index contributed by atoms with van der Waals surface area (Å²) in [6.45, 7) is 9.26. The fraction of sp³-hybridized carbons (Fsp3) is 0.368. The molecule has 0 saturated heterocycles. The van der Waals surface area contributed by atoms with Crippen LogP contribution in [0.25, 0.3) is 6.08 Å². The van der Waals surface area contributed by atoms with Gasteiger partial charge in [0.15, 0.2) is 0 Å². The number of halogens is 1. The van der Waals surface area contributed by atoms with Crippen LogP contribution in [0, 0.1) is 12.8 Å². The first-order valence-corrected chi connectivity index (χ1v) is 8.74. The molecule has 0 aliphatic rings. The van der Waals surface area contributed by atoms with Crippen molar-refractivity contribution in [1.29, 1.82) is 0 Å². The molecular formula is C19H24ClN3O2. The van der Waals surface area contributed by atoms with Gasteiger partial charge in [0.2, 0.25) is 5.91 Å². The number of aryl methyl sites for hydroxylation is 1. The largest absolute Gasteiger partial charge is 0.492 e. The smallest absolute Gasteiger partial charge is 0.248 e. The van der Waals surface area contributed by atoms with Crippen LogP contribution < -0.4 is 10.1 Å². The molecule has 2 rings (SSSR count). The SMILES string of the molecule is CCOc1ccccc1NC(=O)C=Cc1c(C)nn(CC(C)C)c1Cl. The molecule has 134 valence electrons. The number of anilines is 1. The van der Waals surface area contributed by atoms with Crippen LogP contribution in [0.5, 0.6) is 5.75 Å². The third-order valence-corrected chi connectivity index (χ3v) is 3.89. The number of carbonyl (C=O) groups excluding carboxylic acids is 1. The van der Waals surface area contributed by atoms with Gasteiger partial charge < -0.3 is 10.1 Å². The Morgan fingerprint density at radius 2 is 2.12 bits per heavy atom. The lowest BCUT2D eigenvalue weighted by atomic mass is 10.2. The first-order chi connectivity index (χ1) is 11.9. The first-order valence-electron chi connectivity index (χ1n) is 8.36. The van der Waals surface area contributed by atoms with Crippen molar-refractivity contribution in [3.05, 3.63) is 46.8 Å². The fourth-order valence-corrected chi connectivity index (χ4v) is 2.71. The minimum Gasteiger partial charge on any atom is -0.492 e. The Bertz CT molecular complexity index is 766. The van der Waals surface area contributed by atoms with E-state index in [0.29, 0.717) is 29.1 Å². The number of para-hydroxylation sites is 2. The van der Waals surface area contributed by atoms with E-state index in [0.717, 1.165) is 17.8 Å². The Kier molecular flexibility index (Phi) is 6.65. The van der Waals surface area contributed by atoms with Gasteiger partial charge in [0.25, 0.3) is 0 Å². The minimum atomic E-state index is -0.251. The molecule has 1 heterocycles. The van der Waals surface area contributed by atoms with Gasteiger partial charge in [-0.1, -0.05) is 37.6 Å². The maximum Gasteiger partial charge on any atom is 0.248 e. The monoisotopic (exact) mass is 361 g/mol. The van der Waals surface area contributed by atoms with E-state index >= 15 is 0 Å². The molecule has 2 aromatic rings. The fourth-order valence-electron chi connectivity index (χ4n) is 2.41. The summed E-state index contributed by atoms with van der Waals surface area (Å²) in [6.07, 6.45) is 3.15. The van der Waals surface area contributed by atoms with E-state index < -0.39 is 0 Å². The molecular weight excluding hydrogens is 338 g/mol. The number of hydrogen-bond acceptors (Lipinski definition) is 3. The van der Waals surface area contributed by atoms with Gasteiger partial charge in [-0.3, -0.25) is 9.48 Å². The summed E-state index contributed by atoms with van der Waals surface area (Å²) in [4.78, 5) is 12.2. The summed E-state index contributed by atoms with van der Waals surface area (Å²) < 4.78 is 7.27. The number of nitrogens with one attached hydrogen (secondary N) is 1. The number of rotatable bonds is 7. The zero-order valence-electron chi connectivity index (χ0n) is 15.0. The molecule has 0 aliphatic carbocycles. The van der Waals surface area contributed by atoms with E-state index in [9.17, 15) is 4.79 Å². The molecule has 0 bridgehead atoms. The van der Waals surface area contributed by atoms with E-state index in [-0.39, 0.29) is 5.91 Å². The number of ether oxygens (including phenoxy) is 1. The Labute approximate surface area is 153 Å². The van der Waals surface area contributed by atoms with Gasteiger partial charge in [-0.25, -0.2) is 0 Å². The van der Waals surface area contributed by atoms with Gasteiger partial charge in [0.1, 0.15) is 10.9 Å². The van der Waals surface area contributed by atoms with Crippen molar-refractivity contribution in [2.45, 2.75) is 34.2 Å². The van der Waals surface area contributed by atoms with Crippen LogP contribution in [-0.4, -0.2) is 22.3 Å². The molecule has 1 N–H and O–H groups in total. The highest BCUT2D eigenvalue weighted by Crippen LogP contribution is 2.24. The Morgan fingerprint density at radius 3 is 2.80 bits per heavy atom. The molecule has 1 aromatic carbocycles. The van der Waals surface area contributed by atoms with Crippen molar-refractivity contribution in [3.63, 3.8) is 0 Å². The van der Waals surface area contributed by atoms with E-state index in [2.05, 4.69) is 24.3 Å². The average molecular weight is 362 g/mol. The molecule has 0 radical (unpaired) electrons. The number of carbonyl (C=O) groups is 1. The van der Waals surface area contributed by atoms with Gasteiger partial charge in [0, 0.05) is 18.2 Å². The lowest BCUT2D eigenvalue weighted by Crippen LogP contribution is -2.09. The number of aromatic nitrogens is 2. The highest BCUT2D eigenvalue weighted by molar-refractivity contribution is 6.31. The minimum absolute atomic E-state index is 0.251. The second-order valence-electron chi connectivity index (χ2n) is 6.12. The van der Waals surface area contributed by atoms with E-state index in [4.69, 9.17) is 16.3 Å². The molecule has 0 atom stereocenters. The van der Waals surface area contributed by atoms with Gasteiger partial charge in [-0.15, -0.1) is 0 Å². The topological polar surface area (TPSA) is 56.1 Å². The summed E-state index contributed by atoms with van der Waals surface area (Å²) in [6, 6.07) is 7.33. The maximum atomic E-state index is 12.2. The number of hydrogen-bond donors (Lipinski definition) is 1. The van der Waals surface area contributed by atoms with Gasteiger partial charge in [0.05, 0.1) is 18.0 Å². The molecule has 0 aliphatic heterocycles. The molecule has 6 heteroatoms. The lowest BCUT2D eigenvalue weighted by molar-refractivity contribution is -0.111. The van der Waals surface area contributed by atoms with Crippen LogP contribution in [0.3, 0.4) is 0 Å². The summed E-state index contributed by atoms with van der Waals surface area (Å²) in [5.41, 5.74) is 2.19. The predicted octanol–water partition coefficient (Wildman–Crippen LogP) is 4.55. The van der Waals surface area contributed by atoms with Crippen molar-refractivity contribution in [2.75, 3.05) is 11.9 Å². The van der Waals surface area contributed by atoms with Crippen LogP contribution in [0.4, 0.5) is 5.69 Å². The Balaban J connectivity index is 2.12. The Hall–Kier alpha value is -2.27. The number of amides is 1. The molecule has 1 amide bonds. The van der Waals surface area contributed by atoms with Crippen LogP contribution in [-0.2, 0) is 11.3 Å². The van der Waals surface area contributed by atoms with Crippen LogP contribution >= 0.6 is 11.6 Å². The summed E-state index contributed by atoms with van der Waals surface area (Å²) in [5, 5.41) is 7.80. The van der Waals surface area contributed by atoms with Gasteiger partial charge in [-0.05, 0) is 38.0 Å². The molecule has 0 saturated carbocycles. The summed E-state index contributed by atoms with van der Waals surface area (Å²) >= 11 is 6.38. The highest BCUT2D eigenvalue weighted by Gasteiger charge is 2.12. The molecule has 5 nitrogen and oxygen atoms in total. The van der Waals surface area contributed by atoms with Crippen molar-refractivity contribution in [1.82, 2.24) is 9.78 Å². The second kappa shape index (κ2) is 8.72. The molecule has 0 fully saturated rings. The van der Waals surface area contributed by atoms with E-state index in [1.165, 1.54) is 6.08 Å². The maximum absolute atomic E-state index is 12.2. The predicted molar refractivity (Wildman–Crippen MR) is 102 cm³/mol. The van der Waals surface area contributed by atoms with Crippen molar-refractivity contribution >= 4 is 29.3 Å². The zero-order valence-corrected chi connectivity index (χ0v) is 15.8. The van der Waals surface area contributed by atoms with Crippen molar-refractivity contribution in [3.8, 4) is 5.75 Å². The van der Waals surface area contributed by atoms with Crippen LogP contribution in [0.1, 0.15) is 32.0 Å². The third-order valence-electron chi connectivity index (χ3n) is 3.49.